The maximum absolute atomic E-state index is 11.7. The maximum atomic E-state index is 11.7. The highest BCUT2D eigenvalue weighted by Gasteiger charge is 2.12. The van der Waals surface area contributed by atoms with E-state index in [1.165, 1.54) is 6.21 Å². The molecule has 7 heteroatoms. The van der Waals surface area contributed by atoms with E-state index < -0.39 is 11.8 Å². The molecule has 0 fully saturated rings. The van der Waals surface area contributed by atoms with Crippen LogP contribution in [0.5, 0.6) is 0 Å². The Labute approximate surface area is 144 Å². The SMILES string of the molecule is O=C(NN=Cc1ccccc1Br)C(=O)Nc1ccc(Br)cc1. The van der Waals surface area contributed by atoms with E-state index in [9.17, 15) is 9.59 Å². The van der Waals surface area contributed by atoms with E-state index in [0.29, 0.717) is 5.69 Å². The maximum Gasteiger partial charge on any atom is 0.329 e. The molecule has 2 rings (SSSR count). The summed E-state index contributed by atoms with van der Waals surface area (Å²) in [6, 6.07) is 14.3. The molecule has 0 heterocycles. The number of anilines is 1. The Kier molecular flexibility index (Phi) is 5.85. The van der Waals surface area contributed by atoms with Crippen LogP contribution in [0.25, 0.3) is 0 Å². The van der Waals surface area contributed by atoms with Gasteiger partial charge in [-0.3, -0.25) is 9.59 Å². The predicted molar refractivity (Wildman–Crippen MR) is 92.7 cm³/mol. The van der Waals surface area contributed by atoms with Gasteiger partial charge in [-0.1, -0.05) is 50.1 Å². The molecule has 0 atom stereocenters. The smallest absolute Gasteiger partial charge is 0.318 e. The van der Waals surface area contributed by atoms with Gasteiger partial charge in [-0.15, -0.1) is 0 Å². The third-order valence-corrected chi connectivity index (χ3v) is 3.83. The predicted octanol–water partition coefficient (Wildman–Crippen LogP) is 3.30. The van der Waals surface area contributed by atoms with E-state index in [-0.39, 0.29) is 0 Å². The fraction of sp³-hybridized carbons (Fsp3) is 0. The highest BCUT2D eigenvalue weighted by molar-refractivity contribution is 9.10. The molecular formula is C15H11Br2N3O2. The third-order valence-electron chi connectivity index (χ3n) is 2.58. The lowest BCUT2D eigenvalue weighted by Crippen LogP contribution is -2.32. The quantitative estimate of drug-likeness (QED) is 0.450. The van der Waals surface area contributed by atoms with Crippen molar-refractivity contribution < 1.29 is 9.59 Å². The second kappa shape index (κ2) is 7.86. The number of hydrogen-bond acceptors (Lipinski definition) is 3. The minimum atomic E-state index is -0.841. The van der Waals surface area contributed by atoms with Gasteiger partial charge in [0, 0.05) is 20.2 Å². The van der Waals surface area contributed by atoms with Gasteiger partial charge in [0.1, 0.15) is 0 Å². The number of carbonyl (C=O) groups excluding carboxylic acids is 2. The second-order valence-corrected chi connectivity index (χ2v) is 5.95. The lowest BCUT2D eigenvalue weighted by Gasteiger charge is -2.03. The topological polar surface area (TPSA) is 70.6 Å². The molecule has 0 aliphatic carbocycles. The first-order chi connectivity index (χ1) is 10.6. The summed E-state index contributed by atoms with van der Waals surface area (Å²) in [5.41, 5.74) is 3.49. The molecule has 2 aromatic rings. The van der Waals surface area contributed by atoms with Gasteiger partial charge in [0.2, 0.25) is 0 Å². The monoisotopic (exact) mass is 423 g/mol. The Morgan fingerprint density at radius 2 is 1.64 bits per heavy atom. The molecule has 0 radical (unpaired) electrons. The molecule has 112 valence electrons. The number of rotatable bonds is 3. The van der Waals surface area contributed by atoms with Crippen LogP contribution in [0, 0.1) is 0 Å². The van der Waals surface area contributed by atoms with Crippen LogP contribution in [0.1, 0.15) is 5.56 Å². The Morgan fingerprint density at radius 3 is 2.32 bits per heavy atom. The van der Waals surface area contributed by atoms with Gasteiger partial charge >= 0.3 is 11.8 Å². The van der Waals surface area contributed by atoms with Gasteiger partial charge in [0.05, 0.1) is 6.21 Å². The summed E-state index contributed by atoms with van der Waals surface area (Å²) in [7, 11) is 0. The summed E-state index contributed by atoms with van der Waals surface area (Å²) < 4.78 is 1.72. The first-order valence-corrected chi connectivity index (χ1v) is 7.79. The Balaban J connectivity index is 1.90. The highest BCUT2D eigenvalue weighted by atomic mass is 79.9. The van der Waals surface area contributed by atoms with E-state index in [2.05, 4.69) is 47.7 Å². The zero-order valence-electron chi connectivity index (χ0n) is 11.2. The first-order valence-electron chi connectivity index (χ1n) is 6.21. The highest BCUT2D eigenvalue weighted by Crippen LogP contribution is 2.14. The van der Waals surface area contributed by atoms with Crippen LogP contribution in [0.2, 0.25) is 0 Å². The van der Waals surface area contributed by atoms with Gasteiger partial charge < -0.3 is 5.32 Å². The molecular weight excluding hydrogens is 414 g/mol. The minimum Gasteiger partial charge on any atom is -0.318 e. The van der Waals surface area contributed by atoms with Crippen LogP contribution in [0.3, 0.4) is 0 Å². The second-order valence-electron chi connectivity index (χ2n) is 4.18. The molecule has 2 aromatic carbocycles. The van der Waals surface area contributed by atoms with E-state index in [1.54, 1.807) is 24.3 Å². The number of hydrogen-bond donors (Lipinski definition) is 2. The first kappa shape index (κ1) is 16.4. The van der Waals surface area contributed by atoms with Crippen molar-refractivity contribution in [2.45, 2.75) is 0 Å². The van der Waals surface area contributed by atoms with E-state index in [1.807, 2.05) is 24.3 Å². The van der Waals surface area contributed by atoms with Crippen molar-refractivity contribution in [1.29, 1.82) is 0 Å². The molecule has 0 bridgehead atoms. The largest absolute Gasteiger partial charge is 0.329 e. The summed E-state index contributed by atoms with van der Waals surface area (Å²) >= 11 is 6.64. The fourth-order valence-corrected chi connectivity index (χ4v) is 2.16. The van der Waals surface area contributed by atoms with Crippen LogP contribution >= 0.6 is 31.9 Å². The Bertz CT molecular complexity index is 715. The van der Waals surface area contributed by atoms with Crippen LogP contribution in [-0.2, 0) is 9.59 Å². The Hall–Kier alpha value is -1.99. The fourth-order valence-electron chi connectivity index (χ4n) is 1.51. The molecule has 2 N–H and O–H groups in total. The normalized spacial score (nSPS) is 10.5. The number of nitrogens with zero attached hydrogens (tertiary/aromatic N) is 1. The van der Waals surface area contributed by atoms with Crippen LogP contribution in [0.4, 0.5) is 5.69 Å². The molecule has 5 nitrogen and oxygen atoms in total. The lowest BCUT2D eigenvalue weighted by atomic mass is 10.2. The van der Waals surface area contributed by atoms with Gasteiger partial charge in [-0.05, 0) is 30.3 Å². The van der Waals surface area contributed by atoms with Crippen molar-refractivity contribution in [2.75, 3.05) is 5.32 Å². The Morgan fingerprint density at radius 1 is 0.955 bits per heavy atom. The van der Waals surface area contributed by atoms with Crippen molar-refractivity contribution in [3.05, 3.63) is 63.0 Å². The lowest BCUT2D eigenvalue weighted by molar-refractivity contribution is -0.136. The number of benzene rings is 2. The van der Waals surface area contributed by atoms with Crippen molar-refractivity contribution in [3.63, 3.8) is 0 Å². The summed E-state index contributed by atoms with van der Waals surface area (Å²) in [6.07, 6.45) is 1.45. The molecule has 22 heavy (non-hydrogen) atoms. The molecule has 0 aromatic heterocycles. The summed E-state index contributed by atoms with van der Waals surface area (Å²) in [6.45, 7) is 0. The molecule has 0 saturated heterocycles. The molecule has 0 unspecified atom stereocenters. The van der Waals surface area contributed by atoms with Gasteiger partial charge in [-0.25, -0.2) is 5.43 Å². The van der Waals surface area contributed by atoms with Crippen LogP contribution in [-0.4, -0.2) is 18.0 Å². The van der Waals surface area contributed by atoms with E-state index in [4.69, 9.17) is 0 Å². The number of halogens is 2. The molecule has 0 aliphatic heterocycles. The average molecular weight is 425 g/mol. The standard InChI is InChI=1S/C15H11Br2N3O2/c16-11-5-7-12(8-6-11)19-14(21)15(22)20-18-9-10-3-1-2-4-13(10)17/h1-9H,(H,19,21)(H,20,22). The number of hydrazone groups is 1. The van der Waals surface area contributed by atoms with Gasteiger partial charge in [-0.2, -0.15) is 5.10 Å². The van der Waals surface area contributed by atoms with Crippen molar-refractivity contribution in [1.82, 2.24) is 5.43 Å². The van der Waals surface area contributed by atoms with Crippen LogP contribution in [0.15, 0.2) is 62.6 Å². The number of amides is 2. The zero-order valence-corrected chi connectivity index (χ0v) is 14.4. The number of nitrogens with one attached hydrogen (secondary N) is 2. The van der Waals surface area contributed by atoms with E-state index in [0.717, 1.165) is 14.5 Å². The minimum absolute atomic E-state index is 0.526. The van der Waals surface area contributed by atoms with E-state index >= 15 is 0 Å². The number of carbonyl (C=O) groups is 2. The third kappa shape index (κ3) is 4.78. The molecule has 2 amide bonds. The summed E-state index contributed by atoms with van der Waals surface area (Å²) in [5, 5.41) is 6.23. The summed E-state index contributed by atoms with van der Waals surface area (Å²) in [5.74, 6) is -1.63. The van der Waals surface area contributed by atoms with Crippen LogP contribution < -0.4 is 10.7 Å². The zero-order chi connectivity index (χ0) is 15.9. The van der Waals surface area contributed by atoms with Crippen molar-refractivity contribution >= 4 is 55.6 Å². The van der Waals surface area contributed by atoms with Crippen molar-refractivity contribution in [3.8, 4) is 0 Å². The van der Waals surface area contributed by atoms with Crippen molar-refractivity contribution in [2.24, 2.45) is 5.10 Å². The molecule has 0 aliphatic rings. The van der Waals surface area contributed by atoms with Gasteiger partial charge in [0.15, 0.2) is 0 Å². The average Bonchev–Trinajstić information content (AvgIpc) is 2.51. The molecule has 0 saturated carbocycles. The van der Waals surface area contributed by atoms with Gasteiger partial charge in [0.25, 0.3) is 0 Å². The molecule has 0 spiro atoms. The summed E-state index contributed by atoms with van der Waals surface area (Å²) in [4.78, 5) is 23.3.